The molecule has 1 aliphatic rings. The Kier molecular flexibility index (Phi) is 5.31. The van der Waals surface area contributed by atoms with Gasteiger partial charge in [0, 0.05) is 30.2 Å². The van der Waals surface area contributed by atoms with Crippen molar-refractivity contribution < 1.29 is 23.8 Å². The van der Waals surface area contributed by atoms with Crippen molar-refractivity contribution in [2.24, 2.45) is 5.92 Å². The minimum absolute atomic E-state index is 0.121. The molecule has 2 heterocycles. The normalized spacial score (nSPS) is 17.0. The zero-order chi connectivity index (χ0) is 18.7. The zero-order valence-corrected chi connectivity index (χ0v) is 14.8. The topological polar surface area (TPSA) is 105 Å². The van der Waals surface area contributed by atoms with Crippen molar-refractivity contribution in [2.45, 2.75) is 12.8 Å². The smallest absolute Gasteiger partial charge is 0.323 e. The Bertz CT molecular complexity index is 828. The van der Waals surface area contributed by atoms with E-state index in [1.54, 1.807) is 6.07 Å². The Morgan fingerprint density at radius 3 is 2.96 bits per heavy atom. The molecule has 10 heteroatoms. The molecule has 0 spiro atoms. The van der Waals surface area contributed by atoms with E-state index in [9.17, 15) is 14.0 Å². The molecule has 0 aliphatic carbocycles. The molecule has 8 nitrogen and oxygen atoms in total. The second-order valence-corrected chi connectivity index (χ2v) is 6.58. The molecule has 26 heavy (non-hydrogen) atoms. The van der Waals surface area contributed by atoms with E-state index >= 15 is 0 Å². The van der Waals surface area contributed by atoms with Gasteiger partial charge in [-0.1, -0.05) is 0 Å². The van der Waals surface area contributed by atoms with Crippen LogP contribution in [-0.4, -0.2) is 51.6 Å². The number of halogens is 1. The summed E-state index contributed by atoms with van der Waals surface area (Å²) in [4.78, 5) is 29.0. The van der Waals surface area contributed by atoms with Crippen LogP contribution in [0.3, 0.4) is 0 Å². The number of urea groups is 1. The number of aliphatic carboxylic acids is 1. The van der Waals surface area contributed by atoms with Crippen LogP contribution in [0.25, 0.3) is 11.4 Å². The van der Waals surface area contributed by atoms with E-state index in [4.69, 9.17) is 9.84 Å². The van der Waals surface area contributed by atoms with Crippen molar-refractivity contribution in [1.29, 1.82) is 0 Å². The Hall–Kier alpha value is -2.75. The lowest BCUT2D eigenvalue weighted by atomic mass is 9.99. The van der Waals surface area contributed by atoms with Crippen molar-refractivity contribution in [2.75, 3.05) is 25.5 Å². The molecular formula is C16H17FN4O4S. The number of benzene rings is 1. The molecule has 138 valence electrons. The molecule has 0 radical (unpaired) electrons. The molecule has 2 amide bonds. The molecule has 0 saturated carbocycles. The summed E-state index contributed by atoms with van der Waals surface area (Å²) in [5, 5.41) is 12.0. The van der Waals surface area contributed by atoms with Crippen LogP contribution in [0.1, 0.15) is 12.8 Å². The van der Waals surface area contributed by atoms with E-state index in [0.717, 1.165) is 11.5 Å². The highest BCUT2D eigenvalue weighted by atomic mass is 32.1. The average Bonchev–Trinajstić information content (AvgIpc) is 3.10. The Balaban J connectivity index is 1.67. The number of carboxylic acids is 1. The number of amides is 2. The number of carbonyl (C=O) groups excluding carboxylic acids is 1. The van der Waals surface area contributed by atoms with Gasteiger partial charge < -0.3 is 14.7 Å². The highest BCUT2D eigenvalue weighted by Crippen LogP contribution is 2.26. The van der Waals surface area contributed by atoms with E-state index in [1.807, 2.05) is 0 Å². The van der Waals surface area contributed by atoms with Crippen molar-refractivity contribution in [3.63, 3.8) is 0 Å². The van der Waals surface area contributed by atoms with E-state index < -0.39 is 23.7 Å². The second-order valence-electron chi connectivity index (χ2n) is 5.83. The number of hydrogen-bond donors (Lipinski definition) is 2. The number of carbonyl (C=O) groups is 2. The third-order valence-electron chi connectivity index (χ3n) is 4.11. The van der Waals surface area contributed by atoms with Gasteiger partial charge in [-0.2, -0.15) is 9.36 Å². The predicted molar refractivity (Wildman–Crippen MR) is 92.8 cm³/mol. The maximum atomic E-state index is 13.8. The fourth-order valence-corrected chi connectivity index (χ4v) is 3.31. The van der Waals surface area contributed by atoms with Crippen LogP contribution in [0.15, 0.2) is 18.2 Å². The van der Waals surface area contributed by atoms with E-state index in [2.05, 4.69) is 14.7 Å². The molecule has 1 unspecified atom stereocenters. The van der Waals surface area contributed by atoms with Crippen LogP contribution in [0, 0.1) is 11.7 Å². The first kappa shape index (κ1) is 18.1. The number of aromatic nitrogens is 2. The fraction of sp³-hybridized carbons (Fsp3) is 0.375. The van der Waals surface area contributed by atoms with Crippen LogP contribution in [-0.2, 0) is 4.79 Å². The minimum Gasteiger partial charge on any atom is -0.494 e. The molecule has 2 N–H and O–H groups in total. The number of methoxy groups -OCH3 is 1. The monoisotopic (exact) mass is 380 g/mol. The number of anilines is 1. The maximum Gasteiger partial charge on any atom is 0.323 e. The van der Waals surface area contributed by atoms with Gasteiger partial charge in [0.05, 0.1) is 13.0 Å². The quantitative estimate of drug-likeness (QED) is 0.845. The molecule has 1 fully saturated rings. The largest absolute Gasteiger partial charge is 0.494 e. The Labute approximate surface area is 152 Å². The summed E-state index contributed by atoms with van der Waals surface area (Å²) in [7, 11) is 1.38. The lowest BCUT2D eigenvalue weighted by molar-refractivity contribution is -0.143. The Morgan fingerprint density at radius 2 is 2.27 bits per heavy atom. The van der Waals surface area contributed by atoms with Gasteiger partial charge in [0.2, 0.25) is 5.13 Å². The summed E-state index contributed by atoms with van der Waals surface area (Å²) >= 11 is 0.970. The number of rotatable bonds is 4. The summed E-state index contributed by atoms with van der Waals surface area (Å²) in [6.07, 6.45) is 1.20. The number of carboxylic acid groups (broad SMARTS) is 1. The molecule has 1 saturated heterocycles. The summed E-state index contributed by atoms with van der Waals surface area (Å²) in [6, 6.07) is 3.94. The standard InChI is InChI=1S/C16H17FN4O4S/c1-25-12-5-4-9(7-11(12)17)13-18-15(26-20-13)19-16(24)21-6-2-3-10(8-21)14(22)23/h4-5,7,10H,2-3,6,8H2,1H3,(H,22,23)(H,18,19,20,24). The van der Waals surface area contributed by atoms with Gasteiger partial charge in [-0.3, -0.25) is 10.1 Å². The second kappa shape index (κ2) is 7.65. The van der Waals surface area contributed by atoms with E-state index in [-0.39, 0.29) is 23.3 Å². The molecule has 1 atom stereocenters. The summed E-state index contributed by atoms with van der Waals surface area (Å²) in [5.41, 5.74) is 0.462. The van der Waals surface area contributed by atoms with Crippen LogP contribution < -0.4 is 10.1 Å². The van der Waals surface area contributed by atoms with Gasteiger partial charge in [-0.15, -0.1) is 0 Å². The lowest BCUT2D eigenvalue weighted by Crippen LogP contribution is -2.44. The van der Waals surface area contributed by atoms with Crippen LogP contribution in [0.2, 0.25) is 0 Å². The predicted octanol–water partition coefficient (Wildman–Crippen LogP) is 2.68. The van der Waals surface area contributed by atoms with Crippen LogP contribution in [0.4, 0.5) is 14.3 Å². The number of nitrogens with one attached hydrogen (secondary N) is 1. The fourth-order valence-electron chi connectivity index (χ4n) is 2.73. The molecule has 2 aromatic rings. The van der Waals surface area contributed by atoms with E-state index in [0.29, 0.717) is 24.9 Å². The highest BCUT2D eigenvalue weighted by molar-refractivity contribution is 7.10. The maximum absolute atomic E-state index is 13.8. The van der Waals surface area contributed by atoms with Gasteiger partial charge >= 0.3 is 12.0 Å². The van der Waals surface area contributed by atoms with Crippen LogP contribution in [0.5, 0.6) is 5.75 Å². The van der Waals surface area contributed by atoms with Gasteiger partial charge in [-0.25, -0.2) is 9.18 Å². The zero-order valence-electron chi connectivity index (χ0n) is 13.9. The molecule has 1 aromatic heterocycles. The van der Waals surface area contributed by atoms with Crippen molar-refractivity contribution >= 4 is 28.7 Å². The number of ether oxygens (including phenoxy) is 1. The third kappa shape index (κ3) is 3.90. The average molecular weight is 380 g/mol. The van der Waals surface area contributed by atoms with Crippen LogP contribution >= 0.6 is 11.5 Å². The van der Waals surface area contributed by atoms with Gasteiger partial charge in [0.15, 0.2) is 17.4 Å². The lowest BCUT2D eigenvalue weighted by Gasteiger charge is -2.30. The first-order valence-electron chi connectivity index (χ1n) is 7.94. The van der Waals surface area contributed by atoms with Crippen molar-refractivity contribution in [1.82, 2.24) is 14.3 Å². The van der Waals surface area contributed by atoms with Gasteiger partial charge in [0.1, 0.15) is 0 Å². The molecule has 0 bridgehead atoms. The van der Waals surface area contributed by atoms with Gasteiger partial charge in [0.25, 0.3) is 0 Å². The Morgan fingerprint density at radius 1 is 1.46 bits per heavy atom. The number of piperidine rings is 1. The molecule has 3 rings (SSSR count). The molecule has 1 aromatic carbocycles. The summed E-state index contributed by atoms with van der Waals surface area (Å²) in [6.45, 7) is 0.654. The first-order chi connectivity index (χ1) is 12.5. The van der Waals surface area contributed by atoms with Crippen molar-refractivity contribution in [3.05, 3.63) is 24.0 Å². The summed E-state index contributed by atoms with van der Waals surface area (Å²) in [5.74, 6) is -1.58. The highest BCUT2D eigenvalue weighted by Gasteiger charge is 2.28. The number of nitrogens with zero attached hydrogens (tertiary/aromatic N) is 3. The van der Waals surface area contributed by atoms with Crippen molar-refractivity contribution in [3.8, 4) is 17.1 Å². The summed E-state index contributed by atoms with van der Waals surface area (Å²) < 4.78 is 22.8. The SMILES string of the molecule is COc1ccc(-c2nsc(NC(=O)N3CCCC(C(=O)O)C3)n2)cc1F. The van der Waals surface area contributed by atoms with E-state index in [1.165, 1.54) is 24.1 Å². The number of likely N-dealkylation sites (tertiary alicyclic amines) is 1. The third-order valence-corrected chi connectivity index (χ3v) is 4.74. The molecule has 1 aliphatic heterocycles. The first-order valence-corrected chi connectivity index (χ1v) is 8.71. The molecular weight excluding hydrogens is 363 g/mol. The van der Waals surface area contributed by atoms with Gasteiger partial charge in [-0.05, 0) is 31.0 Å². The number of hydrogen-bond acceptors (Lipinski definition) is 6. The minimum atomic E-state index is -0.901.